The highest BCUT2D eigenvalue weighted by Crippen LogP contribution is 2.43. The molecule has 0 aliphatic rings. The first-order chi connectivity index (χ1) is 35.3. The van der Waals surface area contributed by atoms with Crippen molar-refractivity contribution in [1.29, 1.82) is 0 Å². The molecule has 2 atom stereocenters. The Morgan fingerprint density at radius 2 is 0.764 bits per heavy atom. The number of hydrogen-bond donors (Lipinski definition) is 2. The second kappa shape index (κ2) is 56.7. The molecule has 0 radical (unpaired) electrons. The molecule has 2 unspecified atom stereocenters. The molecule has 410 valence electrons. The predicted molar refractivity (Wildman–Crippen MR) is 307 cm³/mol. The number of hydrogen-bond acceptors (Lipinski definition) is 8. The fraction of sp³-hybridized carbons (Fsp3) is 0.645. The van der Waals surface area contributed by atoms with Crippen molar-refractivity contribution in [3.63, 3.8) is 0 Å². The van der Waals surface area contributed by atoms with E-state index in [4.69, 9.17) is 24.3 Å². The lowest BCUT2D eigenvalue weighted by Gasteiger charge is -2.19. The van der Waals surface area contributed by atoms with Crippen molar-refractivity contribution in [2.24, 2.45) is 5.73 Å². The Hall–Kier alpha value is -3.59. The van der Waals surface area contributed by atoms with Gasteiger partial charge in [0.2, 0.25) is 0 Å². The van der Waals surface area contributed by atoms with Crippen LogP contribution in [0.25, 0.3) is 0 Å². The predicted octanol–water partition coefficient (Wildman–Crippen LogP) is 18.0. The Kier molecular flexibility index (Phi) is 53.9. The third kappa shape index (κ3) is 55.7. The molecular weight excluding hydrogens is 918 g/mol. The van der Waals surface area contributed by atoms with Gasteiger partial charge in [-0.25, -0.2) is 4.57 Å². The van der Waals surface area contributed by atoms with E-state index in [0.29, 0.717) is 6.42 Å². The summed E-state index contributed by atoms with van der Waals surface area (Å²) in [7, 11) is -4.40. The Bertz CT molecular complexity index is 1590. The number of rotatable bonds is 52. The van der Waals surface area contributed by atoms with E-state index in [-0.39, 0.29) is 32.6 Å². The summed E-state index contributed by atoms with van der Waals surface area (Å²) in [6.45, 7) is 3.60. The number of carbonyl (C=O) groups is 2. The number of esters is 2. The molecule has 0 fully saturated rings. The van der Waals surface area contributed by atoms with Crippen LogP contribution in [0.1, 0.15) is 226 Å². The lowest BCUT2D eigenvalue weighted by molar-refractivity contribution is -0.161. The highest BCUT2D eigenvalue weighted by Gasteiger charge is 2.26. The van der Waals surface area contributed by atoms with Crippen LogP contribution in [0.15, 0.2) is 122 Å². The quantitative estimate of drug-likeness (QED) is 0.0264. The van der Waals surface area contributed by atoms with Crippen LogP contribution in [0, 0.1) is 0 Å². The zero-order valence-corrected chi connectivity index (χ0v) is 46.5. The molecule has 0 aromatic carbocycles. The van der Waals surface area contributed by atoms with Gasteiger partial charge in [0.1, 0.15) is 6.61 Å². The van der Waals surface area contributed by atoms with Crippen LogP contribution < -0.4 is 5.73 Å². The van der Waals surface area contributed by atoms with Crippen LogP contribution in [-0.2, 0) is 32.7 Å². The van der Waals surface area contributed by atoms with Gasteiger partial charge in [-0.15, -0.1) is 0 Å². The third-order valence-corrected chi connectivity index (χ3v) is 12.6. The standard InChI is InChI=1S/C62H104NO8P/c1-3-5-7-9-11-13-15-17-19-21-22-23-24-25-26-27-28-29-30-31-32-33-34-35-36-37-38-39-41-43-45-47-49-51-53-55-62(65)71-60(59-70-72(66,67)69-57-56-63)58-68-61(64)54-52-50-48-46-44-42-40-20-18-16-14-12-10-8-6-4-2/h5,7,11,13,17,19,22-23,25-26,28-29,31-32,34-35,37-38,41,43,60H,3-4,6,8-10,12,14-16,18,20-21,24,27,30,33,36,39-40,42,44-59,63H2,1-2H3,(H,66,67)/b7-5-,13-11-,19-17-,23-22-,26-25-,29-28-,32-31-,35-34-,38-37-,43-41-. The monoisotopic (exact) mass is 1020 g/mol. The van der Waals surface area contributed by atoms with Crippen molar-refractivity contribution in [1.82, 2.24) is 0 Å². The van der Waals surface area contributed by atoms with Gasteiger partial charge in [-0.3, -0.25) is 18.6 Å². The highest BCUT2D eigenvalue weighted by atomic mass is 31.2. The molecule has 0 aliphatic carbocycles. The van der Waals surface area contributed by atoms with Crippen LogP contribution in [0.2, 0.25) is 0 Å². The molecular formula is C62H104NO8P. The number of phosphoric acid groups is 1. The zero-order chi connectivity index (χ0) is 52.4. The minimum absolute atomic E-state index is 0.0438. The number of unbranched alkanes of at least 4 members (excludes halogenated alkanes) is 19. The summed E-state index contributed by atoms with van der Waals surface area (Å²) in [5.41, 5.74) is 5.37. The Labute approximate surface area is 441 Å². The second-order valence-corrected chi connectivity index (χ2v) is 19.9. The minimum atomic E-state index is -4.40. The van der Waals surface area contributed by atoms with Crippen molar-refractivity contribution in [2.45, 2.75) is 232 Å². The summed E-state index contributed by atoms with van der Waals surface area (Å²) in [6.07, 6.45) is 78.2. The van der Waals surface area contributed by atoms with Crippen LogP contribution in [0.5, 0.6) is 0 Å². The maximum absolute atomic E-state index is 12.7. The van der Waals surface area contributed by atoms with E-state index in [1.165, 1.54) is 83.5 Å². The summed E-state index contributed by atoms with van der Waals surface area (Å²) in [5.74, 6) is -0.860. The van der Waals surface area contributed by atoms with Gasteiger partial charge >= 0.3 is 19.8 Å². The van der Waals surface area contributed by atoms with Crippen LogP contribution >= 0.6 is 7.82 Å². The molecule has 0 aliphatic heterocycles. The topological polar surface area (TPSA) is 134 Å². The number of allylic oxidation sites excluding steroid dienone is 20. The van der Waals surface area contributed by atoms with E-state index in [2.05, 4.69) is 135 Å². The largest absolute Gasteiger partial charge is 0.472 e. The molecule has 0 rings (SSSR count). The smallest absolute Gasteiger partial charge is 0.462 e. The molecule has 0 saturated heterocycles. The summed E-state index contributed by atoms with van der Waals surface area (Å²) in [5, 5.41) is 0. The number of ether oxygens (including phenoxy) is 2. The third-order valence-electron chi connectivity index (χ3n) is 11.6. The fourth-order valence-corrected chi connectivity index (χ4v) is 8.19. The van der Waals surface area contributed by atoms with Crippen molar-refractivity contribution in [2.75, 3.05) is 26.4 Å². The molecule has 0 bridgehead atoms. The minimum Gasteiger partial charge on any atom is -0.462 e. The van der Waals surface area contributed by atoms with Crippen LogP contribution in [0.4, 0.5) is 0 Å². The maximum atomic E-state index is 12.7. The molecule has 10 heteroatoms. The summed E-state index contributed by atoms with van der Waals surface area (Å²) in [6, 6.07) is 0. The van der Waals surface area contributed by atoms with Gasteiger partial charge in [-0.1, -0.05) is 245 Å². The van der Waals surface area contributed by atoms with Crippen molar-refractivity contribution in [3.05, 3.63) is 122 Å². The Morgan fingerprint density at radius 1 is 0.431 bits per heavy atom. The molecule has 0 amide bonds. The fourth-order valence-electron chi connectivity index (χ4n) is 7.43. The molecule has 0 saturated carbocycles. The Morgan fingerprint density at radius 3 is 1.14 bits per heavy atom. The average molecular weight is 1020 g/mol. The van der Waals surface area contributed by atoms with E-state index >= 15 is 0 Å². The molecule has 0 aromatic rings. The zero-order valence-electron chi connectivity index (χ0n) is 45.6. The highest BCUT2D eigenvalue weighted by molar-refractivity contribution is 7.47. The summed E-state index contributed by atoms with van der Waals surface area (Å²) >= 11 is 0. The maximum Gasteiger partial charge on any atom is 0.472 e. The molecule has 0 aromatic heterocycles. The van der Waals surface area contributed by atoms with Gasteiger partial charge in [0.25, 0.3) is 0 Å². The first-order valence-corrected chi connectivity index (χ1v) is 30.0. The van der Waals surface area contributed by atoms with Crippen LogP contribution in [0.3, 0.4) is 0 Å². The summed E-state index contributed by atoms with van der Waals surface area (Å²) in [4.78, 5) is 35.1. The number of phosphoric ester groups is 1. The molecule has 72 heavy (non-hydrogen) atoms. The SMILES string of the molecule is CC/C=C\C/C=C\C/C=C\C/C=C\C/C=C\C/C=C\C/C=C\C/C=C\C/C=C\C/C=C\CCCCCCC(=O)OC(COC(=O)CCCCCCCCCCCCCCCCCC)COP(=O)(O)OCCN. The van der Waals surface area contributed by atoms with E-state index in [1.54, 1.807) is 0 Å². The van der Waals surface area contributed by atoms with Gasteiger partial charge in [0, 0.05) is 19.4 Å². The molecule has 0 heterocycles. The average Bonchev–Trinajstić information content (AvgIpc) is 3.37. The van der Waals surface area contributed by atoms with Crippen LogP contribution in [-0.4, -0.2) is 49.3 Å². The van der Waals surface area contributed by atoms with E-state index in [9.17, 15) is 19.0 Å². The van der Waals surface area contributed by atoms with E-state index in [1.807, 2.05) is 0 Å². The van der Waals surface area contributed by atoms with Crippen molar-refractivity contribution < 1.29 is 37.6 Å². The Balaban J connectivity index is 4.08. The number of nitrogens with two attached hydrogens (primary N) is 1. The molecule has 3 N–H and O–H groups in total. The van der Waals surface area contributed by atoms with Crippen molar-refractivity contribution in [3.8, 4) is 0 Å². The number of carbonyl (C=O) groups excluding carboxylic acids is 2. The molecule has 0 spiro atoms. The van der Waals surface area contributed by atoms with Gasteiger partial charge < -0.3 is 20.1 Å². The lowest BCUT2D eigenvalue weighted by Crippen LogP contribution is -2.29. The second-order valence-electron chi connectivity index (χ2n) is 18.4. The van der Waals surface area contributed by atoms with Gasteiger partial charge in [0.05, 0.1) is 13.2 Å². The van der Waals surface area contributed by atoms with Gasteiger partial charge in [-0.05, 0) is 89.9 Å². The van der Waals surface area contributed by atoms with Gasteiger partial charge in [0.15, 0.2) is 6.10 Å². The first kappa shape index (κ1) is 68.4. The van der Waals surface area contributed by atoms with E-state index < -0.39 is 32.5 Å². The lowest BCUT2D eigenvalue weighted by atomic mass is 10.0. The summed E-state index contributed by atoms with van der Waals surface area (Å²) < 4.78 is 33.0. The molecule has 9 nitrogen and oxygen atoms in total. The first-order valence-electron chi connectivity index (χ1n) is 28.5. The van der Waals surface area contributed by atoms with E-state index in [0.717, 1.165) is 109 Å². The van der Waals surface area contributed by atoms with Crippen molar-refractivity contribution >= 4 is 19.8 Å². The normalized spacial score (nSPS) is 14.0. The van der Waals surface area contributed by atoms with Gasteiger partial charge in [-0.2, -0.15) is 0 Å².